The predicted octanol–water partition coefficient (Wildman–Crippen LogP) is 1.79. The van der Waals surface area contributed by atoms with Gasteiger partial charge in [0.15, 0.2) is 5.13 Å². The summed E-state index contributed by atoms with van der Waals surface area (Å²) in [6, 6.07) is 11.7. The van der Waals surface area contributed by atoms with Crippen molar-refractivity contribution < 1.29 is 17.9 Å². The number of hydrogen-bond donors (Lipinski definition) is 3. The summed E-state index contributed by atoms with van der Waals surface area (Å²) >= 11 is 1.53. The number of primary sulfonamides is 1. The van der Waals surface area contributed by atoms with Crippen molar-refractivity contribution in [1.82, 2.24) is 10.3 Å². The Morgan fingerprint density at radius 3 is 2.70 bits per heavy atom. The van der Waals surface area contributed by atoms with Crippen LogP contribution in [-0.2, 0) is 10.0 Å². The number of rotatable bonds is 7. The second kappa shape index (κ2) is 7.91. The van der Waals surface area contributed by atoms with Crippen molar-refractivity contribution in [3.8, 4) is 5.75 Å². The topological polar surface area (TPSA) is 123 Å². The third-order valence-electron chi connectivity index (χ3n) is 3.72. The highest BCUT2D eigenvalue weighted by Crippen LogP contribution is 2.25. The maximum atomic E-state index is 12.4. The number of sulfonamides is 1. The molecule has 0 bridgehead atoms. The minimum absolute atomic E-state index is 0.101. The van der Waals surface area contributed by atoms with Crippen molar-refractivity contribution in [2.45, 2.75) is 4.90 Å². The molecule has 142 valence electrons. The number of carbonyl (C=O) groups excluding carboxylic acids is 1. The number of para-hydroxylation sites is 1. The Hall–Kier alpha value is -2.69. The summed E-state index contributed by atoms with van der Waals surface area (Å²) in [4.78, 5) is 16.7. The monoisotopic (exact) mass is 406 g/mol. The van der Waals surface area contributed by atoms with E-state index in [1.165, 1.54) is 36.6 Å². The molecule has 1 aromatic heterocycles. The fourth-order valence-corrected chi connectivity index (χ4v) is 3.86. The summed E-state index contributed by atoms with van der Waals surface area (Å²) in [5.74, 6) is -0.192. The Labute approximate surface area is 160 Å². The maximum absolute atomic E-state index is 12.4. The molecule has 10 heteroatoms. The van der Waals surface area contributed by atoms with Crippen LogP contribution in [-0.4, -0.2) is 39.5 Å². The van der Waals surface area contributed by atoms with Crippen molar-refractivity contribution >= 4 is 42.6 Å². The van der Waals surface area contributed by atoms with Gasteiger partial charge in [0.05, 0.1) is 27.8 Å². The molecular weight excluding hydrogens is 388 g/mol. The number of ether oxygens (including phenoxy) is 1. The molecule has 0 unspecified atom stereocenters. The van der Waals surface area contributed by atoms with E-state index in [4.69, 9.17) is 9.88 Å². The Morgan fingerprint density at radius 2 is 2.00 bits per heavy atom. The average molecular weight is 406 g/mol. The molecule has 0 aliphatic rings. The highest BCUT2D eigenvalue weighted by molar-refractivity contribution is 7.89. The van der Waals surface area contributed by atoms with Gasteiger partial charge in [0.25, 0.3) is 5.91 Å². The third kappa shape index (κ3) is 4.54. The smallest absolute Gasteiger partial charge is 0.255 e. The second-order valence-electron chi connectivity index (χ2n) is 5.58. The Balaban J connectivity index is 1.62. The lowest BCUT2D eigenvalue weighted by molar-refractivity contribution is 0.0952. The van der Waals surface area contributed by atoms with Gasteiger partial charge in [-0.3, -0.25) is 4.79 Å². The summed E-state index contributed by atoms with van der Waals surface area (Å²) in [6.45, 7) is 0.778. The number of hydrogen-bond acceptors (Lipinski definition) is 7. The highest BCUT2D eigenvalue weighted by Gasteiger charge is 2.17. The van der Waals surface area contributed by atoms with Gasteiger partial charge in [-0.05, 0) is 30.3 Å². The minimum atomic E-state index is -3.91. The Morgan fingerprint density at radius 1 is 1.22 bits per heavy atom. The van der Waals surface area contributed by atoms with Crippen LogP contribution in [0.1, 0.15) is 10.4 Å². The molecule has 0 radical (unpaired) electrons. The van der Waals surface area contributed by atoms with Crippen molar-refractivity contribution in [1.29, 1.82) is 0 Å². The molecule has 8 nitrogen and oxygen atoms in total. The lowest BCUT2D eigenvalue weighted by atomic mass is 10.2. The van der Waals surface area contributed by atoms with Gasteiger partial charge in [0.2, 0.25) is 10.0 Å². The second-order valence-corrected chi connectivity index (χ2v) is 8.17. The standard InChI is InChI=1S/C17H18N4O4S2/c1-25-14-7-6-11(27(18,23)24)10-12(14)16(22)19-8-9-20-17-21-13-4-2-3-5-15(13)26-17/h2-7,10H,8-9H2,1H3,(H,19,22)(H,20,21)(H2,18,23,24). The van der Waals surface area contributed by atoms with Gasteiger partial charge in [-0.2, -0.15) is 0 Å². The van der Waals surface area contributed by atoms with E-state index in [2.05, 4.69) is 15.6 Å². The molecule has 0 spiro atoms. The van der Waals surface area contributed by atoms with E-state index >= 15 is 0 Å². The lowest BCUT2D eigenvalue weighted by Crippen LogP contribution is -2.29. The first-order chi connectivity index (χ1) is 12.9. The van der Waals surface area contributed by atoms with Crippen molar-refractivity contribution in [2.75, 3.05) is 25.5 Å². The number of benzene rings is 2. The average Bonchev–Trinajstić information content (AvgIpc) is 3.06. The summed E-state index contributed by atoms with van der Waals surface area (Å²) in [6.07, 6.45) is 0. The summed E-state index contributed by atoms with van der Waals surface area (Å²) < 4.78 is 29.2. The van der Waals surface area contributed by atoms with Crippen LogP contribution >= 0.6 is 11.3 Å². The molecule has 0 aliphatic heterocycles. The van der Waals surface area contributed by atoms with Gasteiger partial charge in [0.1, 0.15) is 5.75 Å². The SMILES string of the molecule is COc1ccc(S(N)(=O)=O)cc1C(=O)NCCNc1nc2ccccc2s1. The number of nitrogens with zero attached hydrogens (tertiary/aromatic N) is 1. The van der Waals surface area contributed by atoms with Gasteiger partial charge in [-0.25, -0.2) is 18.5 Å². The first kappa shape index (κ1) is 19.1. The molecule has 27 heavy (non-hydrogen) atoms. The molecule has 0 aliphatic carbocycles. The van der Waals surface area contributed by atoms with E-state index in [-0.39, 0.29) is 16.2 Å². The van der Waals surface area contributed by atoms with E-state index < -0.39 is 15.9 Å². The van der Waals surface area contributed by atoms with Gasteiger partial charge >= 0.3 is 0 Å². The number of fused-ring (bicyclic) bond motifs is 1. The summed E-state index contributed by atoms with van der Waals surface area (Å²) in [5, 5.41) is 11.7. The highest BCUT2D eigenvalue weighted by atomic mass is 32.2. The van der Waals surface area contributed by atoms with Crippen LogP contribution in [0.15, 0.2) is 47.4 Å². The predicted molar refractivity (Wildman–Crippen MR) is 105 cm³/mol. The summed E-state index contributed by atoms with van der Waals surface area (Å²) in [7, 11) is -2.51. The van der Waals surface area contributed by atoms with Crippen molar-refractivity contribution in [3.63, 3.8) is 0 Å². The lowest BCUT2D eigenvalue weighted by Gasteiger charge is -2.11. The number of nitrogens with two attached hydrogens (primary N) is 1. The van der Waals surface area contributed by atoms with Gasteiger partial charge in [-0.15, -0.1) is 0 Å². The molecule has 1 amide bonds. The minimum Gasteiger partial charge on any atom is -0.496 e. The zero-order valence-corrected chi connectivity index (χ0v) is 16.1. The van der Waals surface area contributed by atoms with Gasteiger partial charge in [0, 0.05) is 13.1 Å². The van der Waals surface area contributed by atoms with Crippen LogP contribution < -0.4 is 20.5 Å². The molecule has 0 saturated heterocycles. The number of aromatic nitrogens is 1. The van der Waals surface area contributed by atoms with Crippen LogP contribution in [0.4, 0.5) is 5.13 Å². The van der Waals surface area contributed by atoms with Crippen LogP contribution in [0, 0.1) is 0 Å². The molecule has 0 atom stereocenters. The molecule has 3 rings (SSSR count). The van der Waals surface area contributed by atoms with Crippen LogP contribution in [0.3, 0.4) is 0 Å². The molecule has 1 heterocycles. The first-order valence-electron chi connectivity index (χ1n) is 7.97. The van der Waals surface area contributed by atoms with Crippen LogP contribution in [0.2, 0.25) is 0 Å². The molecule has 3 aromatic rings. The van der Waals surface area contributed by atoms with Crippen molar-refractivity contribution in [3.05, 3.63) is 48.0 Å². The van der Waals surface area contributed by atoms with E-state index in [1.54, 1.807) is 0 Å². The first-order valence-corrected chi connectivity index (χ1v) is 10.3. The molecule has 2 aromatic carbocycles. The molecular formula is C17H18N4O4S2. The Bertz CT molecular complexity index is 1050. The fraction of sp³-hybridized carbons (Fsp3) is 0.176. The van der Waals surface area contributed by atoms with E-state index in [0.29, 0.717) is 13.1 Å². The van der Waals surface area contributed by atoms with Gasteiger partial charge < -0.3 is 15.4 Å². The maximum Gasteiger partial charge on any atom is 0.255 e. The molecule has 0 saturated carbocycles. The number of thiazole rings is 1. The van der Waals surface area contributed by atoms with Crippen molar-refractivity contribution in [2.24, 2.45) is 5.14 Å². The van der Waals surface area contributed by atoms with Crippen LogP contribution in [0.25, 0.3) is 10.2 Å². The largest absolute Gasteiger partial charge is 0.496 e. The number of anilines is 1. The molecule has 4 N–H and O–H groups in total. The number of amides is 1. The van der Waals surface area contributed by atoms with E-state index in [1.807, 2.05) is 24.3 Å². The van der Waals surface area contributed by atoms with E-state index in [0.717, 1.165) is 15.3 Å². The third-order valence-corrected chi connectivity index (χ3v) is 5.63. The van der Waals surface area contributed by atoms with Gasteiger partial charge in [-0.1, -0.05) is 23.5 Å². The normalized spacial score (nSPS) is 11.3. The summed E-state index contributed by atoms with van der Waals surface area (Å²) in [5.41, 5.74) is 1.02. The molecule has 0 fully saturated rings. The quantitative estimate of drug-likeness (QED) is 0.514. The zero-order valence-electron chi connectivity index (χ0n) is 14.4. The van der Waals surface area contributed by atoms with E-state index in [9.17, 15) is 13.2 Å². The number of carbonyl (C=O) groups is 1. The number of nitrogens with one attached hydrogen (secondary N) is 2. The zero-order chi connectivity index (χ0) is 19.4. The van der Waals surface area contributed by atoms with Crippen LogP contribution in [0.5, 0.6) is 5.75 Å². The fourth-order valence-electron chi connectivity index (χ4n) is 2.43. The number of methoxy groups -OCH3 is 1. The Kier molecular flexibility index (Phi) is 5.59.